The van der Waals surface area contributed by atoms with Crippen molar-refractivity contribution in [2.75, 3.05) is 18.0 Å². The van der Waals surface area contributed by atoms with Gasteiger partial charge in [-0.15, -0.1) is 0 Å². The van der Waals surface area contributed by atoms with Gasteiger partial charge in [0.1, 0.15) is 0 Å². The van der Waals surface area contributed by atoms with Gasteiger partial charge in [0.2, 0.25) is 0 Å². The minimum Gasteiger partial charge on any atom is -0.370 e. The van der Waals surface area contributed by atoms with Crippen LogP contribution in [0.1, 0.15) is 29.8 Å². The molecule has 0 bridgehead atoms. The van der Waals surface area contributed by atoms with Crippen LogP contribution in [0.2, 0.25) is 0 Å². The third-order valence-corrected chi connectivity index (χ3v) is 2.75. The van der Waals surface area contributed by atoms with E-state index in [1.165, 1.54) is 0 Å². The molecular formula is C14H18N2O. The lowest BCUT2D eigenvalue weighted by Gasteiger charge is -2.25. The van der Waals surface area contributed by atoms with E-state index in [9.17, 15) is 4.79 Å². The van der Waals surface area contributed by atoms with Crippen molar-refractivity contribution in [2.45, 2.75) is 20.8 Å². The summed E-state index contributed by atoms with van der Waals surface area (Å²) in [6, 6.07) is 8.03. The standard InChI is InChI=1S/C14H18N2O/c1-4-16(9-12(3)8-15)14-6-5-11(2)7-13(14)10-17/h5-7,10,12H,4,9H2,1-3H3. The fourth-order valence-corrected chi connectivity index (χ4v) is 1.83. The highest BCUT2D eigenvalue weighted by Gasteiger charge is 2.12. The smallest absolute Gasteiger partial charge is 0.152 e. The van der Waals surface area contributed by atoms with Gasteiger partial charge in [-0.3, -0.25) is 4.79 Å². The molecule has 0 aliphatic heterocycles. The zero-order valence-electron chi connectivity index (χ0n) is 10.6. The molecule has 1 aromatic rings. The van der Waals surface area contributed by atoms with E-state index < -0.39 is 0 Å². The number of anilines is 1. The zero-order valence-corrected chi connectivity index (χ0v) is 10.6. The Morgan fingerprint density at radius 3 is 2.76 bits per heavy atom. The molecule has 0 saturated carbocycles. The van der Waals surface area contributed by atoms with Crippen LogP contribution in [0.5, 0.6) is 0 Å². The molecule has 1 unspecified atom stereocenters. The number of nitriles is 1. The number of hydrogen-bond acceptors (Lipinski definition) is 3. The first kappa shape index (κ1) is 13.2. The van der Waals surface area contributed by atoms with Gasteiger partial charge < -0.3 is 4.90 Å². The summed E-state index contributed by atoms with van der Waals surface area (Å²) < 4.78 is 0. The fourth-order valence-electron chi connectivity index (χ4n) is 1.83. The molecule has 1 atom stereocenters. The molecule has 90 valence electrons. The maximum Gasteiger partial charge on any atom is 0.152 e. The topological polar surface area (TPSA) is 44.1 Å². The number of nitrogens with zero attached hydrogens (tertiary/aromatic N) is 2. The van der Waals surface area contributed by atoms with Gasteiger partial charge in [0.15, 0.2) is 6.29 Å². The fraction of sp³-hybridized carbons (Fsp3) is 0.429. The van der Waals surface area contributed by atoms with Gasteiger partial charge in [0, 0.05) is 24.3 Å². The summed E-state index contributed by atoms with van der Waals surface area (Å²) in [7, 11) is 0. The van der Waals surface area contributed by atoms with E-state index in [0.29, 0.717) is 12.1 Å². The van der Waals surface area contributed by atoms with Crippen LogP contribution in [0.15, 0.2) is 18.2 Å². The highest BCUT2D eigenvalue weighted by Crippen LogP contribution is 2.21. The maximum atomic E-state index is 11.1. The molecule has 17 heavy (non-hydrogen) atoms. The second kappa shape index (κ2) is 6.05. The second-order valence-electron chi connectivity index (χ2n) is 4.25. The molecule has 0 saturated heterocycles. The van der Waals surface area contributed by atoms with Gasteiger partial charge >= 0.3 is 0 Å². The van der Waals surface area contributed by atoms with Crippen molar-refractivity contribution in [1.29, 1.82) is 5.26 Å². The zero-order chi connectivity index (χ0) is 12.8. The first-order valence-electron chi connectivity index (χ1n) is 5.82. The second-order valence-corrected chi connectivity index (χ2v) is 4.25. The van der Waals surface area contributed by atoms with Crippen LogP contribution in [-0.4, -0.2) is 19.4 Å². The first-order chi connectivity index (χ1) is 8.12. The third-order valence-electron chi connectivity index (χ3n) is 2.75. The van der Waals surface area contributed by atoms with Gasteiger partial charge in [-0.25, -0.2) is 0 Å². The number of benzene rings is 1. The van der Waals surface area contributed by atoms with Crippen molar-refractivity contribution in [3.8, 4) is 6.07 Å². The van der Waals surface area contributed by atoms with Gasteiger partial charge in [-0.05, 0) is 32.9 Å². The van der Waals surface area contributed by atoms with Gasteiger partial charge in [-0.2, -0.15) is 5.26 Å². The third kappa shape index (κ3) is 3.32. The van der Waals surface area contributed by atoms with E-state index in [2.05, 4.69) is 11.0 Å². The SMILES string of the molecule is CCN(CC(C)C#N)c1ccc(C)cc1C=O. The van der Waals surface area contributed by atoms with Crippen molar-refractivity contribution >= 4 is 12.0 Å². The maximum absolute atomic E-state index is 11.1. The van der Waals surface area contributed by atoms with Crippen LogP contribution in [0.3, 0.4) is 0 Å². The summed E-state index contributed by atoms with van der Waals surface area (Å²) in [6.07, 6.45) is 0.877. The molecule has 0 aliphatic rings. The summed E-state index contributed by atoms with van der Waals surface area (Å²) in [5.41, 5.74) is 2.67. The normalized spacial score (nSPS) is 11.6. The first-order valence-corrected chi connectivity index (χ1v) is 5.82. The van der Waals surface area contributed by atoms with Crippen LogP contribution in [0.25, 0.3) is 0 Å². The molecule has 0 aliphatic carbocycles. The Labute approximate surface area is 103 Å². The summed E-state index contributed by atoms with van der Waals surface area (Å²) in [5, 5.41) is 8.85. The summed E-state index contributed by atoms with van der Waals surface area (Å²) >= 11 is 0. The highest BCUT2D eigenvalue weighted by atomic mass is 16.1. The van der Waals surface area contributed by atoms with Crippen LogP contribution in [0, 0.1) is 24.2 Å². The minimum absolute atomic E-state index is 0.0456. The minimum atomic E-state index is -0.0456. The number of carbonyl (C=O) groups excluding carboxylic acids is 1. The Kier molecular flexibility index (Phi) is 4.71. The lowest BCUT2D eigenvalue weighted by molar-refractivity contribution is 0.112. The number of carbonyl (C=O) groups is 1. The Hall–Kier alpha value is -1.82. The van der Waals surface area contributed by atoms with Crippen molar-refractivity contribution in [2.24, 2.45) is 5.92 Å². The van der Waals surface area contributed by atoms with Crippen LogP contribution in [0.4, 0.5) is 5.69 Å². The van der Waals surface area contributed by atoms with E-state index in [0.717, 1.165) is 24.1 Å². The Morgan fingerprint density at radius 2 is 2.24 bits per heavy atom. The van der Waals surface area contributed by atoms with E-state index in [1.807, 2.05) is 39.0 Å². The summed E-state index contributed by atoms with van der Waals surface area (Å²) in [5.74, 6) is -0.0456. The molecule has 1 rings (SSSR count). The van der Waals surface area contributed by atoms with Crippen LogP contribution < -0.4 is 4.90 Å². The molecule has 3 nitrogen and oxygen atoms in total. The average molecular weight is 230 g/mol. The average Bonchev–Trinajstić information content (AvgIpc) is 2.35. The molecule has 0 amide bonds. The Bertz CT molecular complexity index is 434. The molecule has 0 fully saturated rings. The Morgan fingerprint density at radius 1 is 1.53 bits per heavy atom. The van der Waals surface area contributed by atoms with E-state index >= 15 is 0 Å². The predicted molar refractivity (Wildman–Crippen MR) is 69.2 cm³/mol. The van der Waals surface area contributed by atoms with Crippen molar-refractivity contribution in [3.63, 3.8) is 0 Å². The lowest BCUT2D eigenvalue weighted by atomic mass is 10.1. The molecule has 1 aromatic carbocycles. The number of aldehydes is 1. The molecule has 0 aromatic heterocycles. The molecule has 0 radical (unpaired) electrons. The van der Waals surface area contributed by atoms with Crippen molar-refractivity contribution in [1.82, 2.24) is 0 Å². The van der Waals surface area contributed by atoms with Crippen molar-refractivity contribution < 1.29 is 4.79 Å². The van der Waals surface area contributed by atoms with Gasteiger partial charge in [-0.1, -0.05) is 11.6 Å². The molecule has 3 heteroatoms. The van der Waals surface area contributed by atoms with Crippen molar-refractivity contribution in [3.05, 3.63) is 29.3 Å². The molecule has 0 spiro atoms. The van der Waals surface area contributed by atoms with Gasteiger partial charge in [0.25, 0.3) is 0 Å². The van der Waals surface area contributed by atoms with E-state index in [4.69, 9.17) is 5.26 Å². The van der Waals surface area contributed by atoms with E-state index in [1.54, 1.807) is 0 Å². The molecule has 0 heterocycles. The molecular weight excluding hydrogens is 212 g/mol. The largest absolute Gasteiger partial charge is 0.370 e. The Balaban J connectivity index is 3.03. The summed E-state index contributed by atoms with van der Waals surface area (Å²) in [6.45, 7) is 7.31. The highest BCUT2D eigenvalue weighted by molar-refractivity contribution is 5.85. The predicted octanol–water partition coefficient (Wildman–Crippen LogP) is 2.79. The lowest BCUT2D eigenvalue weighted by Crippen LogP contribution is -2.28. The number of hydrogen-bond donors (Lipinski definition) is 0. The quantitative estimate of drug-likeness (QED) is 0.730. The van der Waals surface area contributed by atoms with Crippen LogP contribution >= 0.6 is 0 Å². The number of rotatable bonds is 5. The molecule has 0 N–H and O–H groups in total. The monoisotopic (exact) mass is 230 g/mol. The van der Waals surface area contributed by atoms with Crippen LogP contribution in [-0.2, 0) is 0 Å². The number of aryl methyl sites for hydroxylation is 1. The summed E-state index contributed by atoms with van der Waals surface area (Å²) in [4.78, 5) is 13.1. The van der Waals surface area contributed by atoms with Gasteiger partial charge in [0.05, 0.1) is 12.0 Å². The van der Waals surface area contributed by atoms with E-state index in [-0.39, 0.29) is 5.92 Å².